The molecule has 16 rings (SSSR count). The lowest BCUT2D eigenvalue weighted by Crippen LogP contribution is -1.95. The Bertz CT molecular complexity index is 4920. The van der Waals surface area contributed by atoms with Gasteiger partial charge in [-0.15, -0.1) is 0 Å². The number of nitrogens with zero attached hydrogens (tertiary/aromatic N) is 4. The lowest BCUT2D eigenvalue weighted by molar-refractivity contribution is 1.19. The van der Waals surface area contributed by atoms with Crippen LogP contribution in [0.15, 0.2) is 255 Å². The van der Waals surface area contributed by atoms with Gasteiger partial charge in [0.05, 0.1) is 45.3 Å². The number of hydrogen-bond donors (Lipinski definition) is 0. The average molecular weight is 987 g/mol. The van der Waals surface area contributed by atoms with Gasteiger partial charge in [0.15, 0.2) is 0 Å². The van der Waals surface area contributed by atoms with Crippen molar-refractivity contribution < 1.29 is 0 Å². The quantitative estimate of drug-likeness (QED) is 0.161. The predicted molar refractivity (Wildman–Crippen MR) is 326 cm³/mol. The van der Waals surface area contributed by atoms with Crippen molar-refractivity contribution in [2.75, 3.05) is 0 Å². The number of fused-ring (bicyclic) bond motifs is 12. The van der Waals surface area contributed by atoms with E-state index in [1.54, 1.807) is 0 Å². The zero-order valence-corrected chi connectivity index (χ0v) is 42.0. The maximum absolute atomic E-state index is 10.2. The summed E-state index contributed by atoms with van der Waals surface area (Å²) in [4.78, 5) is 0. The maximum Gasteiger partial charge on any atom is 0.0991 e. The summed E-state index contributed by atoms with van der Waals surface area (Å²) < 4.78 is 4.68. The Morgan fingerprint density at radius 2 is 0.526 bits per heavy atom. The van der Waals surface area contributed by atoms with Gasteiger partial charge in [0.25, 0.3) is 0 Å². The largest absolute Gasteiger partial charge is 0.309 e. The van der Waals surface area contributed by atoms with Crippen LogP contribution in [0.1, 0.15) is 11.1 Å². The standard InChI is InChI=1S/C74H42N4/c75-43-45-25-33-67-63(37-45)65-41-51(29-35-69(65)77(67)53-31-27-47-13-1-3-15-49(47)39-53)71-55-17-5-9-21-59(55)73(60-22-10-6-18-56(60)71)74-61-23-11-7-19-57(61)72(58-20-8-12-24-62(58)74)52-30-36-70-66(42-52)64-38-46(44-76)26-34-68(64)78(70)54-32-28-48-14-2-4-16-50(48)40-54/h1-42H. The fraction of sp³-hybridized carbons (Fsp3) is 0. The second kappa shape index (κ2) is 16.9. The first kappa shape index (κ1) is 43.6. The van der Waals surface area contributed by atoms with Crippen LogP contribution in [0.2, 0.25) is 0 Å². The number of nitriles is 2. The third kappa shape index (κ3) is 6.39. The molecule has 14 aromatic carbocycles. The summed E-state index contributed by atoms with van der Waals surface area (Å²) in [5.41, 5.74) is 14.7. The molecular weight excluding hydrogens is 945 g/mol. The Labute approximate surface area is 448 Å². The second-order valence-electron chi connectivity index (χ2n) is 20.6. The van der Waals surface area contributed by atoms with Crippen molar-refractivity contribution >= 4 is 108 Å². The molecule has 4 heteroatoms. The van der Waals surface area contributed by atoms with Gasteiger partial charge in [0, 0.05) is 32.9 Å². The van der Waals surface area contributed by atoms with E-state index < -0.39 is 0 Å². The van der Waals surface area contributed by atoms with Crippen molar-refractivity contribution in [3.8, 4) is 56.9 Å². The van der Waals surface area contributed by atoms with Crippen molar-refractivity contribution in [1.29, 1.82) is 10.5 Å². The number of hydrogen-bond acceptors (Lipinski definition) is 2. The molecule has 0 atom stereocenters. The molecule has 0 bridgehead atoms. The molecule has 358 valence electrons. The second-order valence-corrected chi connectivity index (χ2v) is 20.6. The smallest absolute Gasteiger partial charge is 0.0991 e. The Morgan fingerprint density at radius 3 is 0.872 bits per heavy atom. The molecule has 0 N–H and O–H groups in total. The first-order valence-corrected chi connectivity index (χ1v) is 26.4. The van der Waals surface area contributed by atoms with Gasteiger partial charge < -0.3 is 9.13 Å². The third-order valence-corrected chi connectivity index (χ3v) is 16.5. The van der Waals surface area contributed by atoms with E-state index in [4.69, 9.17) is 0 Å². The molecule has 0 saturated heterocycles. The minimum absolute atomic E-state index is 0.635. The van der Waals surface area contributed by atoms with E-state index in [1.807, 2.05) is 24.3 Å². The van der Waals surface area contributed by atoms with Crippen molar-refractivity contribution in [2.45, 2.75) is 0 Å². The van der Waals surface area contributed by atoms with Crippen LogP contribution in [0.5, 0.6) is 0 Å². The van der Waals surface area contributed by atoms with E-state index in [9.17, 15) is 10.5 Å². The summed E-state index contributed by atoms with van der Waals surface area (Å²) in [6.07, 6.45) is 0. The zero-order valence-electron chi connectivity index (χ0n) is 42.0. The molecule has 0 fully saturated rings. The van der Waals surface area contributed by atoms with E-state index in [1.165, 1.54) is 86.9 Å². The van der Waals surface area contributed by atoms with Crippen LogP contribution in [0.25, 0.3) is 153 Å². The van der Waals surface area contributed by atoms with Gasteiger partial charge in [-0.3, -0.25) is 0 Å². The van der Waals surface area contributed by atoms with Crippen LogP contribution in [-0.2, 0) is 0 Å². The van der Waals surface area contributed by atoms with Crippen molar-refractivity contribution in [3.05, 3.63) is 266 Å². The topological polar surface area (TPSA) is 57.4 Å². The van der Waals surface area contributed by atoms with Crippen LogP contribution in [-0.4, -0.2) is 9.13 Å². The zero-order chi connectivity index (χ0) is 51.6. The predicted octanol–water partition coefficient (Wildman–Crippen LogP) is 19.5. The Kier molecular flexibility index (Phi) is 9.43. The number of aromatic nitrogens is 2. The Hall–Kier alpha value is -10.8. The highest BCUT2D eigenvalue weighted by Gasteiger charge is 2.24. The molecule has 0 spiro atoms. The number of rotatable bonds is 5. The molecule has 78 heavy (non-hydrogen) atoms. The SMILES string of the molecule is N#Cc1ccc2c(c1)c1cc(-c3c4ccccc4c(-c4c5ccccc5c(-c5ccc6c(c5)c5cc(C#N)ccc5n6-c5ccc6ccccc6c5)c5ccccc45)c4ccccc34)ccc1n2-c1ccc2ccccc2c1. The van der Waals surface area contributed by atoms with Gasteiger partial charge in [-0.2, -0.15) is 10.5 Å². The molecule has 0 saturated carbocycles. The summed E-state index contributed by atoms with van der Waals surface area (Å²) in [6.45, 7) is 0. The maximum atomic E-state index is 10.2. The van der Waals surface area contributed by atoms with Crippen LogP contribution in [0.4, 0.5) is 0 Å². The van der Waals surface area contributed by atoms with E-state index in [-0.39, 0.29) is 0 Å². The lowest BCUT2D eigenvalue weighted by Gasteiger charge is -2.22. The van der Waals surface area contributed by atoms with Crippen LogP contribution in [0.3, 0.4) is 0 Å². The molecule has 2 heterocycles. The van der Waals surface area contributed by atoms with Crippen LogP contribution < -0.4 is 0 Å². The summed E-state index contributed by atoms with van der Waals surface area (Å²) in [5, 5.41) is 38.8. The Balaban J connectivity index is 0.931. The summed E-state index contributed by atoms with van der Waals surface area (Å²) in [6, 6.07) is 96.8. The molecule has 0 aliphatic rings. The fourth-order valence-electron chi connectivity index (χ4n) is 13.1. The van der Waals surface area contributed by atoms with E-state index in [0.29, 0.717) is 11.1 Å². The van der Waals surface area contributed by atoms with Crippen LogP contribution >= 0.6 is 0 Å². The van der Waals surface area contributed by atoms with E-state index >= 15 is 0 Å². The number of benzene rings is 14. The van der Waals surface area contributed by atoms with Gasteiger partial charge in [-0.1, -0.05) is 170 Å². The molecule has 0 aliphatic heterocycles. The molecule has 0 aliphatic carbocycles. The first-order chi connectivity index (χ1) is 38.6. The minimum Gasteiger partial charge on any atom is -0.309 e. The highest BCUT2D eigenvalue weighted by atomic mass is 15.0. The highest BCUT2D eigenvalue weighted by molar-refractivity contribution is 6.30. The minimum atomic E-state index is 0.635. The molecule has 2 aromatic heterocycles. The molecule has 0 radical (unpaired) electrons. The molecule has 4 nitrogen and oxygen atoms in total. The molecular formula is C74H42N4. The normalized spacial score (nSPS) is 11.8. The average Bonchev–Trinajstić information content (AvgIpc) is 4.18. The van der Waals surface area contributed by atoms with Gasteiger partial charge >= 0.3 is 0 Å². The van der Waals surface area contributed by atoms with E-state index in [0.717, 1.165) is 66.1 Å². The summed E-state index contributed by atoms with van der Waals surface area (Å²) >= 11 is 0. The van der Waals surface area contributed by atoms with Gasteiger partial charge in [-0.05, 0) is 183 Å². The fourth-order valence-corrected chi connectivity index (χ4v) is 13.1. The van der Waals surface area contributed by atoms with Crippen molar-refractivity contribution in [3.63, 3.8) is 0 Å². The van der Waals surface area contributed by atoms with Crippen molar-refractivity contribution in [2.24, 2.45) is 0 Å². The highest BCUT2D eigenvalue weighted by Crippen LogP contribution is 2.51. The van der Waals surface area contributed by atoms with E-state index in [2.05, 4.69) is 252 Å². The molecule has 0 amide bonds. The lowest BCUT2D eigenvalue weighted by atomic mass is 9.81. The Morgan fingerprint density at radius 1 is 0.231 bits per heavy atom. The molecule has 16 aromatic rings. The third-order valence-electron chi connectivity index (χ3n) is 16.5. The van der Waals surface area contributed by atoms with Gasteiger partial charge in [0.2, 0.25) is 0 Å². The summed E-state index contributed by atoms with van der Waals surface area (Å²) in [5.74, 6) is 0. The van der Waals surface area contributed by atoms with Crippen molar-refractivity contribution in [1.82, 2.24) is 9.13 Å². The molecule has 0 unspecified atom stereocenters. The first-order valence-electron chi connectivity index (χ1n) is 26.4. The van der Waals surface area contributed by atoms with Gasteiger partial charge in [-0.25, -0.2) is 0 Å². The van der Waals surface area contributed by atoms with Crippen LogP contribution in [0, 0.1) is 22.7 Å². The summed E-state index contributed by atoms with van der Waals surface area (Å²) in [7, 11) is 0. The monoisotopic (exact) mass is 986 g/mol. The van der Waals surface area contributed by atoms with Gasteiger partial charge in [0.1, 0.15) is 0 Å².